The van der Waals surface area contributed by atoms with Crippen LogP contribution in [0.4, 0.5) is 16.0 Å². The van der Waals surface area contributed by atoms with Gasteiger partial charge in [0.05, 0.1) is 0 Å². The first-order chi connectivity index (χ1) is 12.6. The van der Waals surface area contributed by atoms with E-state index in [0.717, 1.165) is 10.6 Å². The molecule has 0 aliphatic carbocycles. The Bertz CT molecular complexity index is 945. The van der Waals surface area contributed by atoms with Gasteiger partial charge in [0, 0.05) is 27.9 Å². The number of rotatable bonds is 6. The summed E-state index contributed by atoms with van der Waals surface area (Å²) in [5.74, 6) is 0.439. The SMILES string of the molecule is CCn1c(Nc2ccc(Cl)cc2)nnc(CSc2ccc(F)cc2)c1=O. The smallest absolute Gasteiger partial charge is 0.277 e. The van der Waals surface area contributed by atoms with Crippen molar-refractivity contribution in [3.63, 3.8) is 0 Å². The Balaban J connectivity index is 1.79. The van der Waals surface area contributed by atoms with E-state index in [0.29, 0.717) is 29.0 Å². The molecule has 0 bridgehead atoms. The zero-order chi connectivity index (χ0) is 18.5. The molecule has 0 atom stereocenters. The highest BCUT2D eigenvalue weighted by Crippen LogP contribution is 2.21. The predicted octanol–water partition coefficient (Wildman–Crippen LogP) is 4.49. The van der Waals surface area contributed by atoms with Gasteiger partial charge in [0.1, 0.15) is 11.5 Å². The fourth-order valence-corrected chi connectivity index (χ4v) is 3.22. The van der Waals surface area contributed by atoms with Crippen LogP contribution in [0.15, 0.2) is 58.2 Å². The Morgan fingerprint density at radius 3 is 2.46 bits per heavy atom. The summed E-state index contributed by atoms with van der Waals surface area (Å²) in [6.45, 7) is 2.32. The van der Waals surface area contributed by atoms with Gasteiger partial charge in [0.15, 0.2) is 0 Å². The van der Waals surface area contributed by atoms with Crippen LogP contribution in [-0.2, 0) is 12.3 Å². The Kier molecular flexibility index (Phi) is 5.90. The molecule has 0 unspecified atom stereocenters. The largest absolute Gasteiger partial charge is 0.324 e. The quantitative estimate of drug-likeness (QED) is 0.628. The lowest BCUT2D eigenvalue weighted by Crippen LogP contribution is -2.27. The summed E-state index contributed by atoms with van der Waals surface area (Å²) in [7, 11) is 0. The Hall–Kier alpha value is -2.38. The molecule has 0 radical (unpaired) electrons. The fourth-order valence-electron chi connectivity index (χ4n) is 2.28. The van der Waals surface area contributed by atoms with E-state index in [-0.39, 0.29) is 11.4 Å². The van der Waals surface area contributed by atoms with Crippen molar-refractivity contribution in [2.75, 3.05) is 5.32 Å². The number of hydrogen-bond acceptors (Lipinski definition) is 5. The second-order valence-corrected chi connectivity index (χ2v) is 6.88. The molecule has 0 aliphatic rings. The van der Waals surface area contributed by atoms with E-state index in [9.17, 15) is 9.18 Å². The lowest BCUT2D eigenvalue weighted by Gasteiger charge is -2.12. The third kappa shape index (κ3) is 4.42. The first-order valence-corrected chi connectivity index (χ1v) is 9.30. The third-order valence-electron chi connectivity index (χ3n) is 3.62. The van der Waals surface area contributed by atoms with Gasteiger partial charge in [0.2, 0.25) is 5.95 Å². The van der Waals surface area contributed by atoms with Crippen molar-refractivity contribution >= 4 is 35.0 Å². The predicted molar refractivity (Wildman–Crippen MR) is 103 cm³/mol. The minimum Gasteiger partial charge on any atom is -0.324 e. The van der Waals surface area contributed by atoms with Gasteiger partial charge in [-0.2, -0.15) is 0 Å². The summed E-state index contributed by atoms with van der Waals surface area (Å²) in [6, 6.07) is 13.2. The summed E-state index contributed by atoms with van der Waals surface area (Å²) >= 11 is 7.29. The fraction of sp³-hybridized carbons (Fsp3) is 0.167. The zero-order valence-corrected chi connectivity index (χ0v) is 15.5. The molecule has 0 aliphatic heterocycles. The van der Waals surface area contributed by atoms with Crippen LogP contribution in [0, 0.1) is 5.82 Å². The topological polar surface area (TPSA) is 59.8 Å². The lowest BCUT2D eigenvalue weighted by atomic mass is 10.3. The van der Waals surface area contributed by atoms with Crippen LogP contribution in [0.5, 0.6) is 0 Å². The molecule has 0 fully saturated rings. The molecule has 1 N–H and O–H groups in total. The number of nitrogens with zero attached hydrogens (tertiary/aromatic N) is 3. The lowest BCUT2D eigenvalue weighted by molar-refractivity contribution is 0.626. The Morgan fingerprint density at radius 2 is 1.81 bits per heavy atom. The summed E-state index contributed by atoms with van der Waals surface area (Å²) in [5.41, 5.74) is 0.912. The number of hydrogen-bond donors (Lipinski definition) is 1. The van der Waals surface area contributed by atoms with Crippen LogP contribution in [0.2, 0.25) is 5.02 Å². The molecule has 26 heavy (non-hydrogen) atoms. The molecule has 8 heteroatoms. The second-order valence-electron chi connectivity index (χ2n) is 5.39. The van der Waals surface area contributed by atoms with Crippen LogP contribution in [0.3, 0.4) is 0 Å². The van der Waals surface area contributed by atoms with E-state index < -0.39 is 0 Å². The van der Waals surface area contributed by atoms with Crippen molar-refractivity contribution in [3.8, 4) is 0 Å². The zero-order valence-electron chi connectivity index (χ0n) is 13.9. The van der Waals surface area contributed by atoms with Crippen LogP contribution in [0.25, 0.3) is 0 Å². The third-order valence-corrected chi connectivity index (χ3v) is 4.89. The summed E-state index contributed by atoms with van der Waals surface area (Å²) < 4.78 is 14.5. The first-order valence-electron chi connectivity index (χ1n) is 7.94. The summed E-state index contributed by atoms with van der Waals surface area (Å²) in [6.07, 6.45) is 0. The average Bonchev–Trinajstić information content (AvgIpc) is 2.64. The highest BCUT2D eigenvalue weighted by atomic mass is 35.5. The molecule has 0 saturated heterocycles. The van der Waals surface area contributed by atoms with Gasteiger partial charge >= 0.3 is 0 Å². The molecular weight excluding hydrogens is 375 g/mol. The first kappa shape index (κ1) is 18.4. The average molecular weight is 391 g/mol. The highest BCUT2D eigenvalue weighted by molar-refractivity contribution is 7.98. The number of aromatic nitrogens is 3. The number of halogens is 2. The molecule has 1 heterocycles. The van der Waals surface area contributed by atoms with Gasteiger partial charge < -0.3 is 5.32 Å². The van der Waals surface area contributed by atoms with Crippen molar-refractivity contribution in [2.24, 2.45) is 0 Å². The second kappa shape index (κ2) is 8.33. The van der Waals surface area contributed by atoms with Crippen LogP contribution < -0.4 is 10.9 Å². The van der Waals surface area contributed by atoms with E-state index in [1.54, 1.807) is 36.4 Å². The maximum Gasteiger partial charge on any atom is 0.277 e. The minimum absolute atomic E-state index is 0.200. The van der Waals surface area contributed by atoms with Crippen molar-refractivity contribution in [3.05, 3.63) is 75.4 Å². The number of nitrogens with one attached hydrogen (secondary N) is 1. The van der Waals surface area contributed by atoms with E-state index in [1.165, 1.54) is 28.5 Å². The Morgan fingerprint density at radius 1 is 1.12 bits per heavy atom. The molecular formula is C18H16ClFN4OS. The normalized spacial score (nSPS) is 10.7. The van der Waals surface area contributed by atoms with Crippen molar-refractivity contribution < 1.29 is 4.39 Å². The van der Waals surface area contributed by atoms with E-state index in [2.05, 4.69) is 15.5 Å². The van der Waals surface area contributed by atoms with Gasteiger partial charge in [-0.15, -0.1) is 22.0 Å². The number of benzene rings is 2. The van der Waals surface area contributed by atoms with Crippen molar-refractivity contribution in [1.82, 2.24) is 14.8 Å². The maximum atomic E-state index is 13.0. The van der Waals surface area contributed by atoms with Crippen LogP contribution in [0.1, 0.15) is 12.6 Å². The van der Waals surface area contributed by atoms with Gasteiger partial charge in [-0.25, -0.2) is 4.39 Å². The molecule has 0 amide bonds. The molecule has 3 aromatic rings. The number of anilines is 2. The van der Waals surface area contributed by atoms with Crippen molar-refractivity contribution in [2.45, 2.75) is 24.1 Å². The van der Waals surface area contributed by atoms with E-state index >= 15 is 0 Å². The molecule has 1 aromatic heterocycles. The molecule has 0 spiro atoms. The van der Waals surface area contributed by atoms with Gasteiger partial charge in [-0.05, 0) is 55.5 Å². The molecule has 0 saturated carbocycles. The molecule has 2 aromatic carbocycles. The summed E-state index contributed by atoms with van der Waals surface area (Å²) in [5, 5.41) is 11.9. The minimum atomic E-state index is -0.292. The van der Waals surface area contributed by atoms with Gasteiger partial charge in [-0.1, -0.05) is 11.6 Å². The van der Waals surface area contributed by atoms with Crippen molar-refractivity contribution in [1.29, 1.82) is 0 Å². The summed E-state index contributed by atoms with van der Waals surface area (Å²) in [4.78, 5) is 13.5. The Labute approximate surface area is 159 Å². The number of thioether (sulfide) groups is 1. The molecule has 134 valence electrons. The van der Waals surface area contributed by atoms with Crippen LogP contribution in [-0.4, -0.2) is 14.8 Å². The van der Waals surface area contributed by atoms with E-state index in [1.807, 2.05) is 6.92 Å². The maximum absolute atomic E-state index is 13.0. The van der Waals surface area contributed by atoms with Gasteiger partial charge in [-0.3, -0.25) is 9.36 Å². The highest BCUT2D eigenvalue weighted by Gasteiger charge is 2.12. The monoisotopic (exact) mass is 390 g/mol. The van der Waals surface area contributed by atoms with Crippen LogP contribution >= 0.6 is 23.4 Å². The van der Waals surface area contributed by atoms with Gasteiger partial charge in [0.25, 0.3) is 5.56 Å². The van der Waals surface area contributed by atoms with E-state index in [4.69, 9.17) is 11.6 Å². The standard InChI is InChI=1S/C18H16ClFN4OS/c1-2-24-17(25)16(11-26-15-9-5-13(20)6-10-15)22-23-18(24)21-14-7-3-12(19)4-8-14/h3-10H,2,11H2,1H3,(H,21,23). The molecule has 5 nitrogen and oxygen atoms in total. The molecule has 3 rings (SSSR count).